The predicted molar refractivity (Wildman–Crippen MR) is 66.8 cm³/mol. The molecule has 0 saturated carbocycles. The van der Waals surface area contributed by atoms with Gasteiger partial charge in [0.1, 0.15) is 12.1 Å². The van der Waals surface area contributed by atoms with Crippen LogP contribution < -0.4 is 4.74 Å². The monoisotopic (exact) mass is 251 g/mol. The van der Waals surface area contributed by atoms with Gasteiger partial charge < -0.3 is 4.74 Å². The molecule has 0 saturated heterocycles. The molecule has 0 N–H and O–H groups in total. The largest absolute Gasteiger partial charge is 0.491 e. The van der Waals surface area contributed by atoms with E-state index in [1.54, 1.807) is 10.9 Å². The average molecular weight is 252 g/mol. The Hall–Kier alpha value is -1.55. The lowest BCUT2D eigenvalue weighted by Crippen LogP contribution is -2.09. The first-order valence-electron chi connectivity index (χ1n) is 5.53. The van der Waals surface area contributed by atoms with E-state index in [-0.39, 0.29) is 6.10 Å². The molecule has 0 aliphatic carbocycles. The van der Waals surface area contributed by atoms with Crippen molar-refractivity contribution in [1.82, 2.24) is 14.8 Å². The van der Waals surface area contributed by atoms with Crippen molar-refractivity contribution < 1.29 is 4.74 Å². The van der Waals surface area contributed by atoms with E-state index in [1.807, 2.05) is 31.2 Å². The van der Waals surface area contributed by atoms with E-state index >= 15 is 0 Å². The molecule has 1 aromatic heterocycles. The first kappa shape index (κ1) is 11.9. The summed E-state index contributed by atoms with van der Waals surface area (Å²) in [6, 6.07) is 7.69. The molecule has 0 aliphatic rings. The fraction of sp³-hybridized carbons (Fsp3) is 0.333. The van der Waals surface area contributed by atoms with E-state index in [0.717, 1.165) is 17.9 Å². The number of hydrogen-bond acceptors (Lipinski definition) is 3. The minimum absolute atomic E-state index is 0.196. The average Bonchev–Trinajstić information content (AvgIpc) is 2.75. The third-order valence-electron chi connectivity index (χ3n) is 2.51. The summed E-state index contributed by atoms with van der Waals surface area (Å²) in [7, 11) is 0. The van der Waals surface area contributed by atoms with Gasteiger partial charge in [-0.15, -0.1) is 10.2 Å². The molecule has 1 atom stereocenters. The summed E-state index contributed by atoms with van der Waals surface area (Å²) in [6.07, 6.45) is 2.74. The summed E-state index contributed by atoms with van der Waals surface area (Å²) in [5.41, 5.74) is 0.890. The highest BCUT2D eigenvalue weighted by molar-refractivity contribution is 6.28. The quantitative estimate of drug-likeness (QED) is 0.838. The Balaban J connectivity index is 2.26. The summed E-state index contributed by atoms with van der Waals surface area (Å²) < 4.78 is 7.44. The van der Waals surface area contributed by atoms with Crippen molar-refractivity contribution >= 4 is 11.6 Å². The summed E-state index contributed by atoms with van der Waals surface area (Å²) in [5, 5.41) is 7.82. The van der Waals surface area contributed by atoms with E-state index in [9.17, 15) is 0 Å². The molecular weight excluding hydrogens is 238 g/mol. The van der Waals surface area contributed by atoms with Gasteiger partial charge in [0.15, 0.2) is 0 Å². The zero-order valence-electron chi connectivity index (χ0n) is 9.80. The Morgan fingerprint density at radius 3 is 2.94 bits per heavy atom. The van der Waals surface area contributed by atoms with Crippen LogP contribution >= 0.6 is 11.6 Å². The molecule has 1 heterocycles. The maximum atomic E-state index is 5.91. The Labute approximate surface area is 105 Å². The minimum Gasteiger partial charge on any atom is -0.491 e. The number of halogens is 1. The van der Waals surface area contributed by atoms with Crippen LogP contribution in [0.3, 0.4) is 0 Å². The van der Waals surface area contributed by atoms with Crippen molar-refractivity contribution in [2.45, 2.75) is 26.4 Å². The Morgan fingerprint density at radius 2 is 2.29 bits per heavy atom. The van der Waals surface area contributed by atoms with Crippen LogP contribution in [-0.2, 0) is 0 Å². The van der Waals surface area contributed by atoms with Gasteiger partial charge in [0.05, 0.1) is 11.8 Å². The molecule has 17 heavy (non-hydrogen) atoms. The number of benzene rings is 1. The fourth-order valence-electron chi connectivity index (χ4n) is 1.42. The second-order valence-electron chi connectivity index (χ2n) is 3.80. The highest BCUT2D eigenvalue weighted by Gasteiger charge is 2.06. The van der Waals surface area contributed by atoms with Gasteiger partial charge in [-0.1, -0.05) is 13.0 Å². The topological polar surface area (TPSA) is 39.9 Å². The van der Waals surface area contributed by atoms with Crippen molar-refractivity contribution in [3.8, 4) is 11.4 Å². The lowest BCUT2D eigenvalue weighted by atomic mass is 10.3. The van der Waals surface area contributed by atoms with Crippen molar-refractivity contribution in [2.24, 2.45) is 0 Å². The van der Waals surface area contributed by atoms with Crippen molar-refractivity contribution in [3.63, 3.8) is 0 Å². The van der Waals surface area contributed by atoms with Gasteiger partial charge >= 0.3 is 0 Å². The Morgan fingerprint density at radius 1 is 1.47 bits per heavy atom. The zero-order chi connectivity index (χ0) is 12.3. The third kappa shape index (κ3) is 2.77. The molecule has 0 fully saturated rings. The molecule has 0 radical (unpaired) electrons. The van der Waals surface area contributed by atoms with E-state index in [4.69, 9.17) is 16.3 Å². The molecule has 90 valence electrons. The van der Waals surface area contributed by atoms with E-state index < -0.39 is 0 Å². The highest BCUT2D eigenvalue weighted by atomic mass is 35.5. The van der Waals surface area contributed by atoms with Crippen molar-refractivity contribution in [3.05, 3.63) is 35.9 Å². The molecule has 0 amide bonds. The van der Waals surface area contributed by atoms with Gasteiger partial charge in [0.2, 0.25) is 5.28 Å². The van der Waals surface area contributed by atoms with Crippen LogP contribution in [0.5, 0.6) is 5.75 Å². The zero-order valence-corrected chi connectivity index (χ0v) is 10.6. The Kier molecular flexibility index (Phi) is 3.64. The molecule has 5 heteroatoms. The number of hydrogen-bond donors (Lipinski definition) is 0. The molecule has 4 nitrogen and oxygen atoms in total. The lowest BCUT2D eigenvalue weighted by Gasteiger charge is -2.13. The first-order chi connectivity index (χ1) is 8.20. The maximum Gasteiger partial charge on any atom is 0.229 e. The minimum atomic E-state index is 0.196. The van der Waals surface area contributed by atoms with Gasteiger partial charge in [-0.3, -0.25) is 4.57 Å². The molecule has 0 bridgehead atoms. The predicted octanol–water partition coefficient (Wildman–Crippen LogP) is 3.10. The van der Waals surface area contributed by atoms with Gasteiger partial charge in [0, 0.05) is 6.07 Å². The van der Waals surface area contributed by atoms with Crippen LogP contribution in [0.15, 0.2) is 30.6 Å². The van der Waals surface area contributed by atoms with Crippen LogP contribution in [-0.4, -0.2) is 20.9 Å². The number of nitrogens with zero attached hydrogens (tertiary/aromatic N) is 3. The first-order valence-corrected chi connectivity index (χ1v) is 5.91. The maximum absolute atomic E-state index is 5.91. The molecule has 0 spiro atoms. The lowest BCUT2D eigenvalue weighted by molar-refractivity contribution is 0.217. The summed E-state index contributed by atoms with van der Waals surface area (Å²) >= 11 is 5.91. The Bertz CT molecular complexity index is 498. The van der Waals surface area contributed by atoms with Crippen LogP contribution in [0.2, 0.25) is 5.28 Å². The van der Waals surface area contributed by atoms with Gasteiger partial charge in [-0.2, -0.15) is 0 Å². The highest BCUT2D eigenvalue weighted by Crippen LogP contribution is 2.20. The van der Waals surface area contributed by atoms with E-state index in [1.165, 1.54) is 0 Å². The van der Waals surface area contributed by atoms with Crippen LogP contribution in [0.4, 0.5) is 0 Å². The van der Waals surface area contributed by atoms with Crippen molar-refractivity contribution in [2.75, 3.05) is 0 Å². The molecule has 1 unspecified atom stereocenters. The van der Waals surface area contributed by atoms with Crippen LogP contribution in [0.1, 0.15) is 20.3 Å². The second kappa shape index (κ2) is 5.19. The molecule has 0 aliphatic heterocycles. The summed E-state index contributed by atoms with van der Waals surface area (Å²) in [5.74, 6) is 0.821. The fourth-order valence-corrected chi connectivity index (χ4v) is 1.60. The second-order valence-corrected chi connectivity index (χ2v) is 4.14. The van der Waals surface area contributed by atoms with Crippen LogP contribution in [0, 0.1) is 0 Å². The van der Waals surface area contributed by atoms with Gasteiger partial charge in [-0.25, -0.2) is 0 Å². The summed E-state index contributed by atoms with van der Waals surface area (Å²) in [6.45, 7) is 4.13. The SMILES string of the molecule is CCC(C)Oc1cccc(-n2cnnc2Cl)c1. The van der Waals surface area contributed by atoms with Crippen LogP contribution in [0.25, 0.3) is 5.69 Å². The van der Waals surface area contributed by atoms with Gasteiger partial charge in [0.25, 0.3) is 0 Å². The van der Waals surface area contributed by atoms with E-state index in [2.05, 4.69) is 17.1 Å². The standard InChI is InChI=1S/C12H14ClN3O/c1-3-9(2)17-11-6-4-5-10(7-11)16-8-14-15-12(16)13/h4-9H,3H2,1-2H3. The van der Waals surface area contributed by atoms with Crippen molar-refractivity contribution in [1.29, 1.82) is 0 Å². The van der Waals surface area contributed by atoms with E-state index in [0.29, 0.717) is 5.28 Å². The normalized spacial score (nSPS) is 12.4. The molecule has 1 aromatic carbocycles. The number of rotatable bonds is 4. The third-order valence-corrected chi connectivity index (χ3v) is 2.77. The smallest absolute Gasteiger partial charge is 0.229 e. The molecule has 2 aromatic rings. The molecular formula is C12H14ClN3O. The number of aromatic nitrogens is 3. The molecule has 2 rings (SSSR count). The number of ether oxygens (including phenoxy) is 1. The summed E-state index contributed by atoms with van der Waals surface area (Å²) in [4.78, 5) is 0. The van der Waals surface area contributed by atoms with Gasteiger partial charge in [-0.05, 0) is 37.1 Å².